The van der Waals surface area contributed by atoms with Gasteiger partial charge in [0, 0.05) is 18.8 Å². The van der Waals surface area contributed by atoms with Gasteiger partial charge in [0.2, 0.25) is 11.6 Å². The average molecular weight is 476 g/mol. The van der Waals surface area contributed by atoms with E-state index in [9.17, 15) is 22.4 Å². The van der Waals surface area contributed by atoms with Crippen molar-refractivity contribution < 1.29 is 27.1 Å². The Balaban J connectivity index is 1.73. The number of piperidine rings is 1. The van der Waals surface area contributed by atoms with Gasteiger partial charge in [0.25, 0.3) is 5.91 Å². The fraction of sp³-hybridized carbons (Fsp3) is 0.300. The molecule has 166 valence electrons. The molecule has 1 aliphatic rings. The molecule has 0 aromatic heterocycles. The second-order valence-electron chi connectivity index (χ2n) is 6.79. The summed E-state index contributed by atoms with van der Waals surface area (Å²) in [6, 6.07) is 5.04. The molecule has 11 heteroatoms. The molecule has 1 aliphatic heterocycles. The van der Waals surface area contributed by atoms with E-state index in [1.165, 1.54) is 6.42 Å². The predicted molar refractivity (Wildman–Crippen MR) is 114 cm³/mol. The maximum atomic E-state index is 14.1. The number of hydrogen-bond donors (Lipinski definition) is 2. The largest absolute Gasteiger partial charge is 0.491 e. The number of nitrogens with zero attached hydrogens (tertiary/aromatic N) is 1. The van der Waals surface area contributed by atoms with E-state index in [4.69, 9.17) is 23.8 Å². The number of hydrogen-bond acceptors (Lipinski definition) is 4. The Morgan fingerprint density at radius 2 is 1.68 bits per heavy atom. The van der Waals surface area contributed by atoms with Crippen LogP contribution in [0.2, 0.25) is 5.02 Å². The predicted octanol–water partition coefficient (Wildman–Crippen LogP) is 5.02. The summed E-state index contributed by atoms with van der Waals surface area (Å²) in [5, 5.41) is 4.74. The van der Waals surface area contributed by atoms with Crippen molar-refractivity contribution in [2.75, 3.05) is 30.4 Å². The second-order valence-corrected chi connectivity index (χ2v) is 7.60. The van der Waals surface area contributed by atoms with Gasteiger partial charge in [-0.15, -0.1) is 0 Å². The van der Waals surface area contributed by atoms with Gasteiger partial charge in [-0.25, -0.2) is 8.78 Å². The van der Waals surface area contributed by atoms with Crippen LogP contribution in [0.4, 0.5) is 28.9 Å². The number of rotatable bonds is 4. The molecule has 0 aliphatic carbocycles. The Labute approximate surface area is 186 Å². The van der Waals surface area contributed by atoms with Crippen molar-refractivity contribution in [3.05, 3.63) is 52.1 Å². The third-order valence-electron chi connectivity index (χ3n) is 4.78. The zero-order chi connectivity index (χ0) is 22.7. The van der Waals surface area contributed by atoms with Gasteiger partial charge < -0.3 is 15.0 Å². The third kappa shape index (κ3) is 4.85. The highest BCUT2D eigenvalue weighted by Gasteiger charge is 2.30. The molecule has 31 heavy (non-hydrogen) atoms. The van der Waals surface area contributed by atoms with Gasteiger partial charge >= 0.3 is 0 Å². The zero-order valence-corrected chi connectivity index (χ0v) is 17.9. The standard InChI is InChI=1S/C20H18ClF4N3O2S/c1-30-18-16(24)14(22)13(15(23)17(18)25)19(29)27-20(31)26-10-5-6-12(11(21)9-10)28-7-3-2-4-8-28/h5-6,9H,2-4,7-8H2,1H3,(H2,26,27,29,31). The highest BCUT2D eigenvalue weighted by atomic mass is 35.5. The molecule has 0 unspecified atom stereocenters. The van der Waals surface area contributed by atoms with Crippen LogP contribution in [0.25, 0.3) is 0 Å². The van der Waals surface area contributed by atoms with E-state index in [2.05, 4.69) is 15.0 Å². The van der Waals surface area contributed by atoms with Gasteiger partial charge in [-0.3, -0.25) is 10.1 Å². The number of halogens is 5. The summed E-state index contributed by atoms with van der Waals surface area (Å²) < 4.78 is 60.1. The van der Waals surface area contributed by atoms with E-state index >= 15 is 0 Å². The van der Waals surface area contributed by atoms with Crippen LogP contribution in [0.5, 0.6) is 5.75 Å². The van der Waals surface area contributed by atoms with Crippen LogP contribution < -0.4 is 20.3 Å². The van der Waals surface area contributed by atoms with E-state index in [1.54, 1.807) is 18.2 Å². The van der Waals surface area contributed by atoms with Crippen LogP contribution in [0.1, 0.15) is 29.6 Å². The molecule has 0 spiro atoms. The first-order valence-corrected chi connectivity index (χ1v) is 10.1. The van der Waals surface area contributed by atoms with E-state index in [-0.39, 0.29) is 5.11 Å². The van der Waals surface area contributed by atoms with Crippen molar-refractivity contribution in [3.8, 4) is 5.75 Å². The minimum absolute atomic E-state index is 0.345. The first-order chi connectivity index (χ1) is 14.7. The monoisotopic (exact) mass is 475 g/mol. The Hall–Kier alpha value is -2.59. The van der Waals surface area contributed by atoms with E-state index in [0.717, 1.165) is 38.7 Å². The Morgan fingerprint density at radius 1 is 1.06 bits per heavy atom. The lowest BCUT2D eigenvalue weighted by Gasteiger charge is -2.29. The molecule has 2 N–H and O–H groups in total. The number of carbonyl (C=O) groups excluding carboxylic acids is 1. The van der Waals surface area contributed by atoms with Gasteiger partial charge in [-0.1, -0.05) is 11.6 Å². The summed E-state index contributed by atoms with van der Waals surface area (Å²) in [5.74, 6) is -10.2. The number of amides is 1. The summed E-state index contributed by atoms with van der Waals surface area (Å²) in [7, 11) is 0.834. The van der Waals surface area contributed by atoms with Crippen molar-refractivity contribution in [2.24, 2.45) is 0 Å². The molecule has 0 atom stereocenters. The summed E-state index contributed by atoms with van der Waals surface area (Å²) in [6.07, 6.45) is 3.32. The molecule has 0 radical (unpaired) electrons. The lowest BCUT2D eigenvalue weighted by Crippen LogP contribution is -2.35. The molecule has 1 amide bonds. The SMILES string of the molecule is COc1c(F)c(F)c(C(=O)NC(=S)Nc2ccc(N3CCCCC3)c(Cl)c2)c(F)c1F. The molecule has 1 heterocycles. The maximum absolute atomic E-state index is 14.1. The topological polar surface area (TPSA) is 53.6 Å². The molecule has 3 rings (SSSR count). The number of ether oxygens (including phenoxy) is 1. The normalized spacial score (nSPS) is 13.7. The second kappa shape index (κ2) is 9.69. The van der Waals surface area contributed by atoms with E-state index in [0.29, 0.717) is 10.7 Å². The summed E-state index contributed by atoms with van der Waals surface area (Å²) in [6.45, 7) is 1.79. The Kier molecular flexibility index (Phi) is 7.22. The number of benzene rings is 2. The molecule has 2 aromatic rings. The molecule has 0 saturated carbocycles. The van der Waals surface area contributed by atoms with Crippen LogP contribution >= 0.6 is 23.8 Å². The van der Waals surface area contributed by atoms with E-state index < -0.39 is 40.5 Å². The van der Waals surface area contributed by atoms with Crippen molar-refractivity contribution in [1.82, 2.24) is 5.32 Å². The molecule has 1 fully saturated rings. The van der Waals surface area contributed by atoms with Gasteiger partial charge in [0.15, 0.2) is 22.5 Å². The minimum atomic E-state index is -1.90. The van der Waals surface area contributed by atoms with Gasteiger partial charge in [0.05, 0.1) is 17.8 Å². The first-order valence-electron chi connectivity index (χ1n) is 9.31. The smallest absolute Gasteiger partial charge is 0.263 e. The summed E-state index contributed by atoms with van der Waals surface area (Å²) in [5.41, 5.74) is -0.197. The van der Waals surface area contributed by atoms with Crippen LogP contribution in [-0.4, -0.2) is 31.2 Å². The van der Waals surface area contributed by atoms with Crippen LogP contribution in [-0.2, 0) is 0 Å². The molecular formula is C20H18ClF4N3O2S. The number of carbonyl (C=O) groups is 1. The van der Waals surface area contributed by atoms with Crippen LogP contribution in [0, 0.1) is 23.3 Å². The highest BCUT2D eigenvalue weighted by molar-refractivity contribution is 7.80. The third-order valence-corrected chi connectivity index (χ3v) is 5.29. The Bertz CT molecular complexity index is 1000. The van der Waals surface area contributed by atoms with Gasteiger partial charge in [-0.05, 0) is 49.7 Å². The maximum Gasteiger partial charge on any atom is 0.263 e. The number of methoxy groups -OCH3 is 1. The average Bonchev–Trinajstić information content (AvgIpc) is 2.73. The fourth-order valence-electron chi connectivity index (χ4n) is 3.29. The number of nitrogens with one attached hydrogen (secondary N) is 2. The van der Waals surface area contributed by atoms with Crippen LogP contribution in [0.15, 0.2) is 18.2 Å². The molecule has 0 bridgehead atoms. The summed E-state index contributed by atoms with van der Waals surface area (Å²) in [4.78, 5) is 14.4. The lowest BCUT2D eigenvalue weighted by atomic mass is 10.1. The van der Waals surface area contributed by atoms with Crippen LogP contribution in [0.3, 0.4) is 0 Å². The molecular weight excluding hydrogens is 458 g/mol. The molecule has 2 aromatic carbocycles. The highest BCUT2D eigenvalue weighted by Crippen LogP contribution is 2.31. The van der Waals surface area contributed by atoms with Gasteiger partial charge in [-0.2, -0.15) is 8.78 Å². The minimum Gasteiger partial charge on any atom is -0.491 e. The first kappa shape index (κ1) is 23.1. The van der Waals surface area contributed by atoms with E-state index in [1.807, 2.05) is 5.32 Å². The number of anilines is 2. The van der Waals surface area contributed by atoms with Crippen molar-refractivity contribution >= 4 is 46.2 Å². The fourth-order valence-corrected chi connectivity index (χ4v) is 3.80. The van der Waals surface area contributed by atoms with Crippen molar-refractivity contribution in [3.63, 3.8) is 0 Å². The lowest BCUT2D eigenvalue weighted by molar-refractivity contribution is 0.0966. The number of thiocarbonyl (C=S) groups is 1. The quantitative estimate of drug-likeness (QED) is 0.369. The van der Waals surface area contributed by atoms with Crippen molar-refractivity contribution in [1.29, 1.82) is 0 Å². The van der Waals surface area contributed by atoms with Crippen molar-refractivity contribution in [2.45, 2.75) is 19.3 Å². The molecule has 5 nitrogen and oxygen atoms in total. The molecule has 1 saturated heterocycles. The van der Waals surface area contributed by atoms with Gasteiger partial charge in [0.1, 0.15) is 5.56 Å². The zero-order valence-electron chi connectivity index (χ0n) is 16.3. The summed E-state index contributed by atoms with van der Waals surface area (Å²) >= 11 is 11.3. The Morgan fingerprint density at radius 3 is 2.23 bits per heavy atom.